The van der Waals surface area contributed by atoms with E-state index < -0.39 is 84.8 Å². The van der Waals surface area contributed by atoms with Gasteiger partial charge in [0, 0.05) is 17.7 Å². The molecule has 41 heavy (non-hydrogen) atoms. The van der Waals surface area contributed by atoms with Gasteiger partial charge in [-0.1, -0.05) is 0 Å². The summed E-state index contributed by atoms with van der Waals surface area (Å²) in [6.45, 7) is 0.613. The fourth-order valence-electron chi connectivity index (χ4n) is 5.12. The van der Waals surface area contributed by atoms with Crippen molar-refractivity contribution in [1.82, 2.24) is 0 Å². The molecule has 1 aromatic heterocycles. The van der Waals surface area contributed by atoms with Crippen LogP contribution < -0.4 is 5.43 Å². The number of hydrogen-bond acceptors (Lipinski definition) is 14. The van der Waals surface area contributed by atoms with E-state index in [1.165, 1.54) is 31.2 Å². The summed E-state index contributed by atoms with van der Waals surface area (Å²) in [5, 5.41) is 93.0. The zero-order valence-corrected chi connectivity index (χ0v) is 21.5. The number of aromatic hydroxyl groups is 3. The van der Waals surface area contributed by atoms with Gasteiger partial charge in [-0.2, -0.15) is 0 Å². The van der Waals surface area contributed by atoms with Gasteiger partial charge in [0.05, 0.1) is 18.3 Å². The molecule has 2 saturated heterocycles. The number of fused-ring (bicyclic) bond motifs is 1. The lowest BCUT2D eigenvalue weighted by Crippen LogP contribution is -2.61. The molecule has 3 aromatic rings. The monoisotopic (exact) mass is 578 g/mol. The number of benzene rings is 2. The number of phenols is 3. The van der Waals surface area contributed by atoms with Gasteiger partial charge in [0.2, 0.25) is 0 Å². The quantitative estimate of drug-likeness (QED) is 0.175. The highest BCUT2D eigenvalue weighted by molar-refractivity contribution is 5.89. The van der Waals surface area contributed by atoms with E-state index in [1.54, 1.807) is 0 Å². The van der Waals surface area contributed by atoms with Crippen LogP contribution in [0.15, 0.2) is 45.6 Å². The van der Waals surface area contributed by atoms with Gasteiger partial charge in [0.15, 0.2) is 17.3 Å². The molecule has 9 N–H and O–H groups in total. The molecule has 2 aliphatic rings. The second-order valence-corrected chi connectivity index (χ2v) is 10.1. The van der Waals surface area contributed by atoms with Crippen LogP contribution in [0.3, 0.4) is 0 Å². The van der Waals surface area contributed by atoms with Crippen molar-refractivity contribution in [2.45, 2.75) is 68.1 Å². The summed E-state index contributed by atoms with van der Waals surface area (Å²) in [7, 11) is 0. The third-order valence-corrected chi connectivity index (χ3v) is 7.40. The van der Waals surface area contributed by atoms with Crippen LogP contribution in [0.1, 0.15) is 18.6 Å². The number of hydrogen-bond donors (Lipinski definition) is 9. The molecule has 2 aliphatic heterocycles. The van der Waals surface area contributed by atoms with Crippen molar-refractivity contribution >= 4 is 11.0 Å². The van der Waals surface area contributed by atoms with Crippen LogP contribution in [0.5, 0.6) is 17.2 Å². The van der Waals surface area contributed by atoms with E-state index in [-0.39, 0.29) is 28.0 Å². The minimum atomic E-state index is -1.85. The average Bonchev–Trinajstić information content (AvgIpc) is 2.93. The van der Waals surface area contributed by atoms with Crippen molar-refractivity contribution in [3.05, 3.63) is 52.2 Å². The van der Waals surface area contributed by atoms with Gasteiger partial charge in [-0.25, -0.2) is 0 Å². The van der Waals surface area contributed by atoms with Gasteiger partial charge in [-0.3, -0.25) is 4.79 Å². The van der Waals surface area contributed by atoms with Crippen molar-refractivity contribution in [3.63, 3.8) is 0 Å². The van der Waals surface area contributed by atoms with E-state index in [0.29, 0.717) is 5.56 Å². The first-order valence-electron chi connectivity index (χ1n) is 12.7. The fraction of sp³-hybridized carbons (Fsp3) is 0.444. The van der Waals surface area contributed by atoms with Crippen molar-refractivity contribution < 1.29 is 64.6 Å². The molecule has 0 amide bonds. The van der Waals surface area contributed by atoms with E-state index in [4.69, 9.17) is 18.6 Å². The maximum atomic E-state index is 13.1. The van der Waals surface area contributed by atoms with E-state index in [9.17, 15) is 50.8 Å². The molecule has 0 unspecified atom stereocenters. The molecular formula is C27H30O14. The number of phenolic OH excluding ortho intramolecular Hbond substituents is 3. The number of aliphatic hydroxyl groups excluding tert-OH is 6. The molecule has 222 valence electrons. The minimum Gasteiger partial charge on any atom is -0.508 e. The molecule has 2 aromatic carbocycles. The second kappa shape index (κ2) is 11.2. The summed E-state index contributed by atoms with van der Waals surface area (Å²) in [6.07, 6.45) is -16.0. The van der Waals surface area contributed by atoms with E-state index in [1.807, 2.05) is 0 Å². The summed E-state index contributed by atoms with van der Waals surface area (Å²) in [6, 6.07) is 7.53. The molecule has 0 bridgehead atoms. The first kappa shape index (κ1) is 29.2. The Bertz CT molecular complexity index is 1460. The third kappa shape index (κ3) is 5.14. The van der Waals surface area contributed by atoms with E-state index in [0.717, 1.165) is 12.1 Å². The zero-order valence-electron chi connectivity index (χ0n) is 21.5. The Kier molecular flexibility index (Phi) is 7.95. The number of ether oxygens (including phenoxy) is 3. The summed E-state index contributed by atoms with van der Waals surface area (Å²) < 4.78 is 23.0. The lowest BCUT2D eigenvalue weighted by molar-refractivity contribution is -0.338. The van der Waals surface area contributed by atoms with Crippen molar-refractivity contribution in [1.29, 1.82) is 0 Å². The standard InChI is InChI=1S/C27H30O14/c1-9-19(33)21(35)23(37)27(38-9)41-26-22(36)20(34)16(8-28)40-25(26)18-13(31)6-12(30)17-14(32)7-15(39-24(17)18)10-2-4-11(29)5-3-10/h2-7,9,16,19-23,25-31,33-37H,8H2,1H3/t9-,16-,19-,20-,21-,22+,23+,25+,26-,27+/m1/s1. The summed E-state index contributed by atoms with van der Waals surface area (Å²) in [4.78, 5) is 13.1. The maximum Gasteiger partial charge on any atom is 0.197 e. The van der Waals surface area contributed by atoms with E-state index in [2.05, 4.69) is 0 Å². The van der Waals surface area contributed by atoms with Crippen molar-refractivity contribution in [2.75, 3.05) is 6.61 Å². The van der Waals surface area contributed by atoms with Gasteiger partial charge < -0.3 is 64.6 Å². The highest BCUT2D eigenvalue weighted by atomic mass is 16.7. The van der Waals surface area contributed by atoms with Crippen molar-refractivity contribution in [2.24, 2.45) is 0 Å². The van der Waals surface area contributed by atoms with Crippen molar-refractivity contribution in [3.8, 4) is 28.6 Å². The highest BCUT2D eigenvalue weighted by Crippen LogP contribution is 2.45. The predicted octanol–water partition coefficient (Wildman–Crippen LogP) is -1.06. The SMILES string of the molecule is C[C@H]1O[C@@H](O[C@@H]2[C@@H](O)[C@H](O)[C@@H](CO)O[C@H]2c2c(O)cc(O)c3c(=O)cc(-c4ccc(O)cc4)oc23)[C@@H](O)[C@H](O)[C@@H]1O. The van der Waals surface area contributed by atoms with E-state index >= 15 is 0 Å². The fourth-order valence-corrected chi connectivity index (χ4v) is 5.12. The molecule has 14 nitrogen and oxygen atoms in total. The minimum absolute atomic E-state index is 0.0294. The first-order valence-corrected chi connectivity index (χ1v) is 12.7. The molecule has 0 spiro atoms. The average molecular weight is 579 g/mol. The molecular weight excluding hydrogens is 548 g/mol. The topological polar surface area (TPSA) is 240 Å². The lowest BCUT2D eigenvalue weighted by atomic mass is 9.89. The molecule has 5 rings (SSSR count). The van der Waals surface area contributed by atoms with Crippen LogP contribution in [-0.2, 0) is 14.2 Å². The van der Waals surface area contributed by atoms with Crippen LogP contribution in [0.25, 0.3) is 22.3 Å². The Labute approximate surface area is 231 Å². The van der Waals surface area contributed by atoms with Crippen LogP contribution in [0.2, 0.25) is 0 Å². The predicted molar refractivity (Wildman–Crippen MR) is 137 cm³/mol. The largest absolute Gasteiger partial charge is 0.508 e. The maximum absolute atomic E-state index is 13.1. The molecule has 10 atom stereocenters. The first-order chi connectivity index (χ1) is 19.4. The normalized spacial score (nSPS) is 34.1. The summed E-state index contributed by atoms with van der Waals surface area (Å²) in [5.41, 5.74) is -1.08. The third-order valence-electron chi connectivity index (χ3n) is 7.40. The Balaban J connectivity index is 1.67. The second-order valence-electron chi connectivity index (χ2n) is 10.1. The summed E-state index contributed by atoms with van der Waals surface area (Å²) in [5.74, 6) is -1.39. The van der Waals surface area contributed by atoms with Gasteiger partial charge in [0.1, 0.15) is 77.2 Å². The highest BCUT2D eigenvalue weighted by Gasteiger charge is 2.51. The van der Waals surface area contributed by atoms with Crippen LogP contribution in [0, 0.1) is 0 Å². The lowest BCUT2D eigenvalue weighted by Gasteiger charge is -2.46. The molecule has 0 aliphatic carbocycles. The Morgan fingerprint density at radius 2 is 1.51 bits per heavy atom. The smallest absolute Gasteiger partial charge is 0.197 e. The van der Waals surface area contributed by atoms with Gasteiger partial charge in [-0.05, 0) is 31.2 Å². The number of aliphatic hydroxyl groups is 6. The Morgan fingerprint density at radius 1 is 0.829 bits per heavy atom. The Hall–Kier alpha value is -3.31. The van der Waals surface area contributed by atoms with Crippen LogP contribution in [0.4, 0.5) is 0 Å². The molecule has 2 fully saturated rings. The molecule has 14 heteroatoms. The van der Waals surface area contributed by atoms with Crippen LogP contribution >= 0.6 is 0 Å². The molecule has 3 heterocycles. The molecule has 0 saturated carbocycles. The number of rotatable bonds is 5. The Morgan fingerprint density at radius 3 is 2.17 bits per heavy atom. The zero-order chi connectivity index (χ0) is 29.7. The van der Waals surface area contributed by atoms with Gasteiger partial charge in [0.25, 0.3) is 0 Å². The van der Waals surface area contributed by atoms with Gasteiger partial charge in [-0.15, -0.1) is 0 Å². The molecule has 0 radical (unpaired) electrons. The summed E-state index contributed by atoms with van der Waals surface area (Å²) >= 11 is 0. The van der Waals surface area contributed by atoms with Gasteiger partial charge >= 0.3 is 0 Å². The van der Waals surface area contributed by atoms with Crippen LogP contribution in [-0.4, -0.2) is 108 Å².